The first-order chi connectivity index (χ1) is 21.8. The Balaban J connectivity index is 1.26. The second-order valence-electron chi connectivity index (χ2n) is 11.3. The number of fused-ring (bicyclic) bond motifs is 1. The lowest BCUT2D eigenvalue weighted by atomic mass is 9.89. The second-order valence-corrected chi connectivity index (χ2v) is 11.3. The lowest BCUT2D eigenvalue weighted by Gasteiger charge is -2.32. The van der Waals surface area contributed by atoms with E-state index in [1.165, 1.54) is 10.1 Å². The van der Waals surface area contributed by atoms with E-state index in [1.807, 2.05) is 43.3 Å². The van der Waals surface area contributed by atoms with Gasteiger partial charge in [0.1, 0.15) is 11.6 Å². The van der Waals surface area contributed by atoms with Crippen molar-refractivity contribution >= 4 is 28.7 Å². The molecule has 1 aliphatic rings. The molecule has 0 saturated carbocycles. The molecule has 1 saturated heterocycles. The van der Waals surface area contributed by atoms with Crippen LogP contribution in [0.3, 0.4) is 0 Å². The summed E-state index contributed by atoms with van der Waals surface area (Å²) in [4.78, 5) is 32.0. The fraction of sp³-hybridized carbons (Fsp3) is 0.382. The first kappa shape index (κ1) is 32.0. The van der Waals surface area contributed by atoms with Crippen molar-refractivity contribution in [3.63, 3.8) is 0 Å². The highest BCUT2D eigenvalue weighted by Gasteiger charge is 2.22. The number of piperidine rings is 1. The maximum absolute atomic E-state index is 13.1. The molecule has 5 rings (SSSR count). The molecule has 0 aliphatic carbocycles. The third kappa shape index (κ3) is 8.18. The minimum absolute atomic E-state index is 0.262. The number of rotatable bonds is 12. The number of ether oxygens (including phenoxy) is 3. The number of pyridine rings is 1. The summed E-state index contributed by atoms with van der Waals surface area (Å²) in [5.41, 5.74) is 2.44. The smallest absolute Gasteiger partial charge is 0.325 e. The number of amides is 2. The summed E-state index contributed by atoms with van der Waals surface area (Å²) >= 11 is 0. The van der Waals surface area contributed by atoms with Crippen LogP contribution in [0.4, 0.5) is 10.6 Å². The van der Waals surface area contributed by atoms with Crippen molar-refractivity contribution in [3.05, 3.63) is 78.1 Å². The Bertz CT molecular complexity index is 1590. The van der Waals surface area contributed by atoms with Crippen LogP contribution in [-0.4, -0.2) is 84.6 Å². The van der Waals surface area contributed by atoms with Gasteiger partial charge in [-0.05, 0) is 74.7 Å². The number of β-amino-alcohol motifs (C(OH)–C–C–N with tert-alkyl or cyclic N) is 1. The van der Waals surface area contributed by atoms with Gasteiger partial charge in [-0.15, -0.1) is 0 Å². The Morgan fingerprint density at radius 2 is 1.82 bits per heavy atom. The first-order valence-electron chi connectivity index (χ1n) is 15.3. The van der Waals surface area contributed by atoms with Crippen LogP contribution in [0.2, 0.25) is 0 Å². The summed E-state index contributed by atoms with van der Waals surface area (Å²) in [5, 5.41) is 16.0. The van der Waals surface area contributed by atoms with Gasteiger partial charge in [0.15, 0.2) is 11.5 Å². The molecule has 1 atom stereocenters. The predicted octanol–water partition coefficient (Wildman–Crippen LogP) is 5.24. The van der Waals surface area contributed by atoms with E-state index in [0.29, 0.717) is 66.2 Å². The van der Waals surface area contributed by atoms with E-state index >= 15 is 0 Å². The summed E-state index contributed by atoms with van der Waals surface area (Å²) in [6.45, 7) is 5.39. The van der Waals surface area contributed by atoms with E-state index in [0.717, 1.165) is 31.3 Å². The number of anilines is 1. The Hall–Kier alpha value is -4.45. The average molecular weight is 616 g/mol. The minimum Gasteiger partial charge on any atom is -0.490 e. The van der Waals surface area contributed by atoms with Gasteiger partial charge in [0.05, 0.1) is 18.2 Å². The van der Waals surface area contributed by atoms with Crippen molar-refractivity contribution < 1.29 is 28.9 Å². The number of aliphatic hydroxyl groups excluding tert-OH is 1. The molecule has 2 aromatic heterocycles. The quantitative estimate of drug-likeness (QED) is 0.185. The number of benzene rings is 2. The molecule has 11 nitrogen and oxygen atoms in total. The normalized spacial score (nSPS) is 14.7. The molecule has 45 heavy (non-hydrogen) atoms. The van der Waals surface area contributed by atoms with E-state index < -0.39 is 0 Å². The van der Waals surface area contributed by atoms with E-state index in [1.54, 1.807) is 44.8 Å². The van der Waals surface area contributed by atoms with Crippen LogP contribution in [0.1, 0.15) is 48.0 Å². The lowest BCUT2D eigenvalue weighted by Crippen LogP contribution is -2.37. The molecule has 2 aromatic carbocycles. The van der Waals surface area contributed by atoms with Crippen LogP contribution in [0.25, 0.3) is 10.9 Å². The average Bonchev–Trinajstić information content (AvgIpc) is 3.45. The Morgan fingerprint density at radius 1 is 1.04 bits per heavy atom. The molecule has 11 heteroatoms. The summed E-state index contributed by atoms with van der Waals surface area (Å²) in [7, 11) is 3.21. The number of hydrogen-bond acceptors (Lipinski definition) is 8. The summed E-state index contributed by atoms with van der Waals surface area (Å²) < 4.78 is 18.9. The molecule has 3 heterocycles. The van der Waals surface area contributed by atoms with Crippen molar-refractivity contribution in [2.75, 3.05) is 52.3 Å². The molecule has 2 amide bonds. The molecule has 1 aliphatic heterocycles. The topological polar surface area (TPSA) is 127 Å². The van der Waals surface area contributed by atoms with Gasteiger partial charge in [-0.25, -0.2) is 9.78 Å². The van der Waals surface area contributed by atoms with Crippen molar-refractivity contribution in [1.29, 1.82) is 0 Å². The number of carbonyl (C=O) groups excluding carboxylic acids is 2. The highest BCUT2D eigenvalue weighted by molar-refractivity contribution is 6.03. The molecule has 0 spiro atoms. The van der Waals surface area contributed by atoms with Gasteiger partial charge in [-0.3, -0.25) is 9.36 Å². The van der Waals surface area contributed by atoms with E-state index in [9.17, 15) is 14.7 Å². The maximum Gasteiger partial charge on any atom is 0.325 e. The van der Waals surface area contributed by atoms with Gasteiger partial charge in [-0.2, -0.15) is 0 Å². The van der Waals surface area contributed by atoms with Crippen LogP contribution in [0.5, 0.6) is 17.2 Å². The third-order valence-corrected chi connectivity index (χ3v) is 7.89. The van der Waals surface area contributed by atoms with Gasteiger partial charge >= 0.3 is 6.03 Å². The molecule has 3 N–H and O–H groups in total. The minimum atomic E-state index is -0.317. The molecule has 0 bridgehead atoms. The molecular formula is C34H41N5O6. The summed E-state index contributed by atoms with van der Waals surface area (Å²) in [6.07, 6.45) is 5.68. The number of carbonyl (C=O) groups is 2. The number of aliphatic hydroxyl groups is 1. The van der Waals surface area contributed by atoms with Crippen LogP contribution in [0.15, 0.2) is 67.0 Å². The van der Waals surface area contributed by atoms with E-state index in [4.69, 9.17) is 14.2 Å². The number of hydrogen-bond donors (Lipinski definition) is 3. The SMILES string of the molecule is CNC(=O)n1ccc2cc(Oc3ccnc(NC(=O)c4ccc(C5CCN(C[C@H](C)O)CC5)cc4)c3)c(OCCCOC)cc21. The van der Waals surface area contributed by atoms with Gasteiger partial charge in [0.2, 0.25) is 0 Å². The molecular weight excluding hydrogens is 574 g/mol. The Kier molecular flexibility index (Phi) is 10.7. The third-order valence-electron chi connectivity index (χ3n) is 7.89. The highest BCUT2D eigenvalue weighted by atomic mass is 16.5. The van der Waals surface area contributed by atoms with Crippen molar-refractivity contribution in [1.82, 2.24) is 19.8 Å². The maximum atomic E-state index is 13.1. The fourth-order valence-electron chi connectivity index (χ4n) is 5.61. The zero-order chi connectivity index (χ0) is 31.8. The van der Waals surface area contributed by atoms with Crippen LogP contribution < -0.4 is 20.1 Å². The fourth-order valence-corrected chi connectivity index (χ4v) is 5.61. The van der Waals surface area contributed by atoms with Gasteiger partial charge < -0.3 is 34.9 Å². The predicted molar refractivity (Wildman–Crippen MR) is 173 cm³/mol. The van der Waals surface area contributed by atoms with Crippen molar-refractivity contribution in [2.24, 2.45) is 0 Å². The number of aromatic nitrogens is 2. The zero-order valence-corrected chi connectivity index (χ0v) is 26.0. The second kappa shape index (κ2) is 15.0. The highest BCUT2D eigenvalue weighted by Crippen LogP contribution is 2.37. The number of likely N-dealkylation sites (tertiary alicyclic amines) is 1. The molecule has 1 fully saturated rings. The summed E-state index contributed by atoms with van der Waals surface area (Å²) in [6, 6.07) is 16.3. The van der Waals surface area contributed by atoms with E-state index in [-0.39, 0.29) is 18.0 Å². The summed E-state index contributed by atoms with van der Waals surface area (Å²) in [5.74, 6) is 1.92. The van der Waals surface area contributed by atoms with Crippen LogP contribution >= 0.6 is 0 Å². The number of methoxy groups -OCH3 is 1. The van der Waals surface area contributed by atoms with Gasteiger partial charge in [0, 0.05) is 69.2 Å². The molecule has 4 aromatic rings. The Labute approximate surface area is 263 Å². The monoisotopic (exact) mass is 615 g/mol. The number of nitrogens with zero attached hydrogens (tertiary/aromatic N) is 3. The largest absolute Gasteiger partial charge is 0.490 e. The van der Waals surface area contributed by atoms with Crippen LogP contribution in [-0.2, 0) is 4.74 Å². The standard InChI is InChI=1S/C34H41N5O6/c1-23(40)22-38-14-10-25(11-15-38)24-5-7-26(8-6-24)33(41)37-32-20-28(9-13-36-32)45-31-19-27-12-16-39(34(42)35-2)29(27)21-30(31)44-18-4-17-43-3/h5-9,12-13,16,19-21,23,25,40H,4,10-11,14-15,17-18,22H2,1-3H3,(H,35,42)(H,36,37,41)/t23-/m0/s1. The van der Waals surface area contributed by atoms with Crippen molar-refractivity contribution in [2.45, 2.75) is 38.2 Å². The van der Waals surface area contributed by atoms with Crippen molar-refractivity contribution in [3.8, 4) is 17.2 Å². The van der Waals surface area contributed by atoms with Gasteiger partial charge in [0.25, 0.3) is 5.91 Å². The zero-order valence-electron chi connectivity index (χ0n) is 26.0. The lowest BCUT2D eigenvalue weighted by molar-refractivity contribution is 0.102. The number of nitrogens with one attached hydrogen (secondary N) is 2. The molecule has 0 radical (unpaired) electrons. The first-order valence-corrected chi connectivity index (χ1v) is 15.3. The van der Waals surface area contributed by atoms with Crippen LogP contribution in [0, 0.1) is 0 Å². The molecule has 238 valence electrons. The Morgan fingerprint density at radius 3 is 2.53 bits per heavy atom. The van der Waals surface area contributed by atoms with E-state index in [2.05, 4.69) is 20.5 Å². The van der Waals surface area contributed by atoms with Gasteiger partial charge in [-0.1, -0.05) is 12.1 Å². The molecule has 0 unspecified atom stereocenters.